The Morgan fingerprint density at radius 1 is 1.08 bits per heavy atom. The number of piperazine rings is 2. The van der Waals surface area contributed by atoms with E-state index in [1.807, 2.05) is 9.80 Å². The van der Waals surface area contributed by atoms with Gasteiger partial charge in [-0.25, -0.2) is 4.39 Å². The Morgan fingerprint density at radius 3 is 2.36 bits per heavy atom. The topological polar surface area (TPSA) is 55.9 Å². The monoisotopic (exact) mass is 348 g/mol. The Balaban J connectivity index is 1.54. The predicted octanol–water partition coefficient (Wildman–Crippen LogP) is 0.582. The van der Waals surface area contributed by atoms with Gasteiger partial charge < -0.3 is 15.1 Å². The summed E-state index contributed by atoms with van der Waals surface area (Å²) in [5.74, 6) is -0.379. The van der Waals surface area contributed by atoms with Gasteiger partial charge in [-0.15, -0.1) is 0 Å². The van der Waals surface area contributed by atoms with Crippen LogP contribution in [-0.2, 0) is 4.79 Å². The molecule has 3 rings (SSSR count). The van der Waals surface area contributed by atoms with Gasteiger partial charge in [0.25, 0.3) is 0 Å². The number of benzene rings is 1. The number of hydrogen-bond acceptors (Lipinski definition) is 5. The van der Waals surface area contributed by atoms with E-state index in [-0.39, 0.29) is 17.5 Å². The molecule has 2 saturated heterocycles. The van der Waals surface area contributed by atoms with Crippen molar-refractivity contribution in [3.63, 3.8) is 0 Å². The molecule has 2 aliphatic heterocycles. The first-order valence-corrected chi connectivity index (χ1v) is 8.81. The third-order valence-electron chi connectivity index (χ3n) is 4.90. The van der Waals surface area contributed by atoms with Gasteiger partial charge in [-0.05, 0) is 25.1 Å². The Labute approximate surface area is 147 Å². The maximum absolute atomic E-state index is 14.3. The summed E-state index contributed by atoms with van der Waals surface area (Å²) in [6.07, 6.45) is 0. The van der Waals surface area contributed by atoms with E-state index < -0.39 is 0 Å². The molecule has 7 heteroatoms. The lowest BCUT2D eigenvalue weighted by Crippen LogP contribution is -2.53. The lowest BCUT2D eigenvalue weighted by atomic mass is 10.1. The highest BCUT2D eigenvalue weighted by Crippen LogP contribution is 2.22. The number of rotatable bonds is 4. The van der Waals surface area contributed by atoms with Gasteiger partial charge in [0.05, 0.1) is 12.2 Å². The van der Waals surface area contributed by atoms with Crippen LogP contribution >= 0.6 is 0 Å². The van der Waals surface area contributed by atoms with Crippen LogP contribution in [0.3, 0.4) is 0 Å². The third kappa shape index (κ3) is 4.35. The van der Waals surface area contributed by atoms with Crippen LogP contribution in [0.2, 0.25) is 0 Å². The molecule has 1 aromatic rings. The van der Waals surface area contributed by atoms with Crippen LogP contribution in [0.1, 0.15) is 17.3 Å². The minimum absolute atomic E-state index is 0.145. The van der Waals surface area contributed by atoms with Crippen molar-refractivity contribution in [2.24, 2.45) is 0 Å². The van der Waals surface area contributed by atoms with Crippen molar-refractivity contribution in [1.29, 1.82) is 0 Å². The van der Waals surface area contributed by atoms with Gasteiger partial charge in [-0.1, -0.05) is 0 Å². The van der Waals surface area contributed by atoms with Crippen LogP contribution in [-0.4, -0.2) is 80.4 Å². The molecule has 136 valence electrons. The van der Waals surface area contributed by atoms with Gasteiger partial charge in [-0.2, -0.15) is 0 Å². The molecule has 1 N–H and O–H groups in total. The second-order valence-corrected chi connectivity index (χ2v) is 6.62. The fourth-order valence-electron chi connectivity index (χ4n) is 3.34. The highest BCUT2D eigenvalue weighted by molar-refractivity contribution is 5.94. The zero-order valence-corrected chi connectivity index (χ0v) is 14.6. The SMILES string of the molecule is CC(=O)c1ccc(N2CCN(C(=O)CN3CCNCC3)CC2)c(F)c1. The second kappa shape index (κ2) is 7.93. The minimum atomic E-state index is -0.381. The summed E-state index contributed by atoms with van der Waals surface area (Å²) in [6, 6.07) is 4.60. The van der Waals surface area contributed by atoms with Crippen molar-refractivity contribution >= 4 is 17.4 Å². The maximum Gasteiger partial charge on any atom is 0.236 e. The van der Waals surface area contributed by atoms with Gasteiger partial charge in [0.2, 0.25) is 5.91 Å². The summed E-state index contributed by atoms with van der Waals surface area (Å²) in [6.45, 7) is 7.94. The van der Waals surface area contributed by atoms with Crippen LogP contribution in [0.5, 0.6) is 0 Å². The maximum atomic E-state index is 14.3. The van der Waals surface area contributed by atoms with Crippen molar-refractivity contribution in [2.45, 2.75) is 6.92 Å². The lowest BCUT2D eigenvalue weighted by molar-refractivity contribution is -0.132. The van der Waals surface area contributed by atoms with Gasteiger partial charge in [0.15, 0.2) is 5.78 Å². The number of nitrogens with one attached hydrogen (secondary N) is 1. The first-order chi connectivity index (χ1) is 12.0. The van der Waals surface area contributed by atoms with Crippen LogP contribution < -0.4 is 10.2 Å². The average Bonchev–Trinajstić information content (AvgIpc) is 2.62. The van der Waals surface area contributed by atoms with Crippen molar-refractivity contribution in [2.75, 3.05) is 63.8 Å². The standard InChI is InChI=1S/C18H25FN4O2/c1-14(24)15-2-3-17(16(19)12-15)22-8-10-23(11-9-22)18(25)13-21-6-4-20-5-7-21/h2-3,12,20H,4-11,13H2,1H3. The zero-order valence-electron chi connectivity index (χ0n) is 14.6. The smallest absolute Gasteiger partial charge is 0.236 e. The van der Waals surface area contributed by atoms with E-state index in [1.54, 1.807) is 12.1 Å². The normalized spacial score (nSPS) is 19.1. The molecule has 0 spiro atoms. The summed E-state index contributed by atoms with van der Waals surface area (Å²) in [5.41, 5.74) is 0.880. The van der Waals surface area contributed by atoms with Crippen LogP contribution in [0.25, 0.3) is 0 Å². The zero-order chi connectivity index (χ0) is 17.8. The van der Waals surface area contributed by atoms with Crippen molar-refractivity contribution in [3.05, 3.63) is 29.6 Å². The van der Waals surface area contributed by atoms with Gasteiger partial charge in [-0.3, -0.25) is 14.5 Å². The average molecular weight is 348 g/mol. The molecule has 2 aliphatic rings. The first-order valence-electron chi connectivity index (χ1n) is 8.81. The van der Waals surface area contributed by atoms with Crippen molar-refractivity contribution in [1.82, 2.24) is 15.1 Å². The molecule has 2 fully saturated rings. The van der Waals surface area contributed by atoms with Crippen LogP contribution in [0, 0.1) is 5.82 Å². The number of amides is 1. The molecule has 6 nitrogen and oxygen atoms in total. The number of carbonyl (C=O) groups is 2. The van der Waals surface area contributed by atoms with Gasteiger partial charge in [0, 0.05) is 57.9 Å². The number of ketones is 1. The quantitative estimate of drug-likeness (QED) is 0.807. The van der Waals surface area contributed by atoms with Gasteiger partial charge >= 0.3 is 0 Å². The molecule has 0 bridgehead atoms. The summed E-state index contributed by atoms with van der Waals surface area (Å²) in [7, 11) is 0. The Kier molecular flexibility index (Phi) is 5.65. The van der Waals surface area contributed by atoms with E-state index in [4.69, 9.17) is 0 Å². The van der Waals surface area contributed by atoms with Gasteiger partial charge in [0.1, 0.15) is 5.82 Å². The molecular weight excluding hydrogens is 323 g/mol. The van der Waals surface area contributed by atoms with E-state index in [1.165, 1.54) is 13.0 Å². The highest BCUT2D eigenvalue weighted by atomic mass is 19.1. The molecule has 25 heavy (non-hydrogen) atoms. The molecule has 1 aromatic carbocycles. The first kappa shape index (κ1) is 17.8. The fraction of sp³-hybridized carbons (Fsp3) is 0.556. The summed E-state index contributed by atoms with van der Waals surface area (Å²) < 4.78 is 14.3. The minimum Gasteiger partial charge on any atom is -0.366 e. The van der Waals surface area contributed by atoms with E-state index in [9.17, 15) is 14.0 Å². The summed E-state index contributed by atoms with van der Waals surface area (Å²) in [4.78, 5) is 29.7. The Hall–Kier alpha value is -1.99. The molecule has 2 heterocycles. The number of Topliss-reactive ketones (excluding diaryl/α,β-unsaturated/α-hetero) is 1. The number of carbonyl (C=O) groups excluding carboxylic acids is 2. The second-order valence-electron chi connectivity index (χ2n) is 6.62. The van der Waals surface area contributed by atoms with E-state index in [0.717, 1.165) is 26.2 Å². The predicted molar refractivity (Wildman–Crippen MR) is 94.5 cm³/mol. The van der Waals surface area contributed by atoms with E-state index in [2.05, 4.69) is 10.2 Å². The molecule has 0 aromatic heterocycles. The van der Waals surface area contributed by atoms with E-state index in [0.29, 0.717) is 44.0 Å². The molecular formula is C18H25FN4O2. The molecule has 0 aliphatic carbocycles. The largest absolute Gasteiger partial charge is 0.366 e. The molecule has 0 atom stereocenters. The summed E-state index contributed by atoms with van der Waals surface area (Å²) in [5, 5.41) is 3.28. The number of halogens is 1. The van der Waals surface area contributed by atoms with Crippen LogP contribution in [0.15, 0.2) is 18.2 Å². The molecule has 0 unspecified atom stereocenters. The summed E-state index contributed by atoms with van der Waals surface area (Å²) >= 11 is 0. The highest BCUT2D eigenvalue weighted by Gasteiger charge is 2.24. The molecule has 1 amide bonds. The van der Waals surface area contributed by atoms with E-state index >= 15 is 0 Å². The Bertz CT molecular complexity index is 638. The van der Waals surface area contributed by atoms with Crippen molar-refractivity contribution < 1.29 is 14.0 Å². The molecule has 0 saturated carbocycles. The van der Waals surface area contributed by atoms with Crippen LogP contribution in [0.4, 0.5) is 10.1 Å². The van der Waals surface area contributed by atoms with Crippen molar-refractivity contribution in [3.8, 4) is 0 Å². The fourth-order valence-corrected chi connectivity index (χ4v) is 3.34. The number of nitrogens with zero attached hydrogens (tertiary/aromatic N) is 3. The Morgan fingerprint density at radius 2 is 1.76 bits per heavy atom. The number of hydrogen-bond donors (Lipinski definition) is 1. The third-order valence-corrected chi connectivity index (χ3v) is 4.90. The lowest BCUT2D eigenvalue weighted by Gasteiger charge is -2.37. The molecule has 0 radical (unpaired) electrons. The number of anilines is 1.